The quantitative estimate of drug-likeness (QED) is 0.672. The summed E-state index contributed by atoms with van der Waals surface area (Å²) in [6.45, 7) is 1.51. The van der Waals surface area contributed by atoms with Gasteiger partial charge in [0, 0.05) is 26.8 Å². The Morgan fingerprint density at radius 1 is 1.28 bits per heavy atom. The summed E-state index contributed by atoms with van der Waals surface area (Å²) in [5, 5.41) is 6.16. The number of carbonyl (C=O) groups is 1. The van der Waals surface area contributed by atoms with Crippen molar-refractivity contribution < 1.29 is 14.3 Å². The highest BCUT2D eigenvalue weighted by atomic mass is 16.5. The number of carbonyl (C=O) groups excluding carboxylic acids is 1. The number of nitrogens with one attached hydrogen (secondary N) is 2. The molecule has 0 spiro atoms. The molecule has 18 heavy (non-hydrogen) atoms. The maximum Gasteiger partial charge on any atom is 0.234 e. The van der Waals surface area contributed by atoms with E-state index in [2.05, 4.69) is 10.6 Å². The lowest BCUT2D eigenvalue weighted by Gasteiger charge is -2.23. The minimum absolute atomic E-state index is 0.00233. The lowest BCUT2D eigenvalue weighted by molar-refractivity contribution is -0.121. The molecule has 5 heteroatoms. The van der Waals surface area contributed by atoms with Gasteiger partial charge in [-0.3, -0.25) is 4.79 Å². The van der Waals surface area contributed by atoms with E-state index in [4.69, 9.17) is 9.47 Å². The molecule has 0 heterocycles. The van der Waals surface area contributed by atoms with Crippen molar-refractivity contribution in [3.05, 3.63) is 0 Å². The number of amides is 1. The van der Waals surface area contributed by atoms with Gasteiger partial charge in [0.1, 0.15) is 0 Å². The first-order valence-corrected chi connectivity index (χ1v) is 6.78. The Hall–Kier alpha value is -0.650. The average molecular weight is 258 g/mol. The van der Waals surface area contributed by atoms with Crippen LogP contribution >= 0.6 is 0 Å². The molecule has 0 aromatic rings. The first-order valence-electron chi connectivity index (χ1n) is 6.78. The smallest absolute Gasteiger partial charge is 0.234 e. The van der Waals surface area contributed by atoms with Crippen LogP contribution in [0.1, 0.15) is 32.1 Å². The second-order valence-electron chi connectivity index (χ2n) is 4.85. The van der Waals surface area contributed by atoms with Crippen molar-refractivity contribution >= 4 is 5.91 Å². The number of hydrogen-bond acceptors (Lipinski definition) is 4. The topological polar surface area (TPSA) is 59.6 Å². The van der Waals surface area contributed by atoms with E-state index < -0.39 is 0 Å². The van der Waals surface area contributed by atoms with Crippen LogP contribution in [0.25, 0.3) is 0 Å². The van der Waals surface area contributed by atoms with Gasteiger partial charge in [-0.15, -0.1) is 0 Å². The number of ether oxygens (including phenoxy) is 2. The van der Waals surface area contributed by atoms with Gasteiger partial charge in [0.2, 0.25) is 5.91 Å². The Morgan fingerprint density at radius 2 is 2.00 bits per heavy atom. The van der Waals surface area contributed by atoms with Crippen LogP contribution in [0.3, 0.4) is 0 Å². The van der Waals surface area contributed by atoms with Gasteiger partial charge in [-0.25, -0.2) is 0 Å². The molecular formula is C13H26N2O3. The van der Waals surface area contributed by atoms with Gasteiger partial charge in [0.05, 0.1) is 19.3 Å². The maximum absolute atomic E-state index is 11.7. The van der Waals surface area contributed by atoms with Crippen LogP contribution in [0.4, 0.5) is 0 Å². The van der Waals surface area contributed by atoms with Gasteiger partial charge in [0.15, 0.2) is 0 Å². The maximum atomic E-state index is 11.7. The summed E-state index contributed by atoms with van der Waals surface area (Å²) in [5.74, 6) is 0.0779. The molecule has 0 saturated heterocycles. The molecule has 0 aromatic carbocycles. The van der Waals surface area contributed by atoms with E-state index >= 15 is 0 Å². The number of methoxy groups -OCH3 is 2. The van der Waals surface area contributed by atoms with E-state index in [0.717, 1.165) is 12.8 Å². The molecule has 0 bridgehead atoms. The fraction of sp³-hybridized carbons (Fsp3) is 0.923. The third-order valence-corrected chi connectivity index (χ3v) is 3.31. The summed E-state index contributed by atoms with van der Waals surface area (Å²) < 4.78 is 10.2. The first-order chi connectivity index (χ1) is 8.76. The zero-order valence-electron chi connectivity index (χ0n) is 11.5. The molecule has 1 aliphatic carbocycles. The molecule has 2 N–H and O–H groups in total. The predicted octanol–water partition coefficient (Wildman–Crippen LogP) is 0.686. The third-order valence-electron chi connectivity index (χ3n) is 3.31. The molecule has 1 rings (SSSR count). The summed E-state index contributed by atoms with van der Waals surface area (Å²) >= 11 is 0. The van der Waals surface area contributed by atoms with Gasteiger partial charge >= 0.3 is 0 Å². The SMILES string of the molecule is COCC(CNCC(=O)NC1CCCCC1)OC. The molecule has 0 aliphatic heterocycles. The molecule has 1 saturated carbocycles. The van der Waals surface area contributed by atoms with E-state index in [-0.39, 0.29) is 12.0 Å². The van der Waals surface area contributed by atoms with E-state index in [1.807, 2.05) is 0 Å². The second kappa shape index (κ2) is 9.30. The normalized spacial score (nSPS) is 18.6. The average Bonchev–Trinajstić information content (AvgIpc) is 2.39. The highest BCUT2D eigenvalue weighted by Gasteiger charge is 2.15. The minimum Gasteiger partial charge on any atom is -0.382 e. The fourth-order valence-corrected chi connectivity index (χ4v) is 2.27. The summed E-state index contributed by atoms with van der Waals surface area (Å²) in [5.41, 5.74) is 0. The molecule has 106 valence electrons. The standard InChI is InChI=1S/C13H26N2O3/c1-17-10-12(18-2)8-14-9-13(16)15-11-6-4-3-5-7-11/h11-12,14H,3-10H2,1-2H3,(H,15,16). The largest absolute Gasteiger partial charge is 0.382 e. The van der Waals surface area contributed by atoms with Crippen molar-refractivity contribution in [2.75, 3.05) is 33.9 Å². The van der Waals surface area contributed by atoms with E-state index in [0.29, 0.717) is 25.7 Å². The van der Waals surface area contributed by atoms with Crippen molar-refractivity contribution in [3.8, 4) is 0 Å². The van der Waals surface area contributed by atoms with Crippen molar-refractivity contribution in [2.45, 2.75) is 44.2 Å². The second-order valence-corrected chi connectivity index (χ2v) is 4.85. The molecule has 1 atom stereocenters. The van der Waals surface area contributed by atoms with Crippen molar-refractivity contribution in [3.63, 3.8) is 0 Å². The molecule has 5 nitrogen and oxygen atoms in total. The van der Waals surface area contributed by atoms with Crippen LogP contribution in [-0.4, -0.2) is 52.0 Å². The molecule has 0 radical (unpaired) electrons. The van der Waals surface area contributed by atoms with Gasteiger partial charge in [-0.1, -0.05) is 19.3 Å². The Morgan fingerprint density at radius 3 is 2.61 bits per heavy atom. The lowest BCUT2D eigenvalue weighted by Crippen LogP contribution is -2.43. The Bertz CT molecular complexity index is 230. The fourth-order valence-electron chi connectivity index (χ4n) is 2.27. The molecule has 0 aromatic heterocycles. The van der Waals surface area contributed by atoms with E-state index in [1.54, 1.807) is 14.2 Å². The van der Waals surface area contributed by atoms with Gasteiger partial charge in [-0.05, 0) is 12.8 Å². The summed E-state index contributed by atoms with van der Waals surface area (Å²) in [7, 11) is 3.29. The Kier molecular flexibility index (Phi) is 7.96. The zero-order chi connectivity index (χ0) is 13.2. The van der Waals surface area contributed by atoms with Crippen LogP contribution in [0.15, 0.2) is 0 Å². The predicted molar refractivity (Wildman–Crippen MR) is 70.6 cm³/mol. The molecule has 1 aliphatic rings. The van der Waals surface area contributed by atoms with Gasteiger partial charge in [0.25, 0.3) is 0 Å². The summed E-state index contributed by atoms with van der Waals surface area (Å²) in [6, 6.07) is 0.380. The zero-order valence-corrected chi connectivity index (χ0v) is 11.5. The van der Waals surface area contributed by atoms with E-state index in [9.17, 15) is 4.79 Å². The molecular weight excluding hydrogens is 232 g/mol. The Labute approximate surface area is 110 Å². The minimum atomic E-state index is -0.00233. The van der Waals surface area contributed by atoms with Crippen LogP contribution in [-0.2, 0) is 14.3 Å². The monoisotopic (exact) mass is 258 g/mol. The molecule has 1 amide bonds. The van der Waals surface area contributed by atoms with Crippen molar-refractivity contribution in [1.29, 1.82) is 0 Å². The van der Waals surface area contributed by atoms with Crippen LogP contribution < -0.4 is 10.6 Å². The number of rotatable bonds is 8. The van der Waals surface area contributed by atoms with Crippen molar-refractivity contribution in [1.82, 2.24) is 10.6 Å². The first kappa shape index (κ1) is 15.4. The van der Waals surface area contributed by atoms with Gasteiger partial charge in [-0.2, -0.15) is 0 Å². The number of hydrogen-bond donors (Lipinski definition) is 2. The summed E-state index contributed by atoms with van der Waals surface area (Å²) in [4.78, 5) is 11.7. The van der Waals surface area contributed by atoms with Crippen LogP contribution in [0.2, 0.25) is 0 Å². The van der Waals surface area contributed by atoms with Crippen molar-refractivity contribution in [2.24, 2.45) is 0 Å². The highest BCUT2D eigenvalue weighted by molar-refractivity contribution is 5.78. The van der Waals surface area contributed by atoms with Gasteiger partial charge < -0.3 is 20.1 Å². The van der Waals surface area contributed by atoms with Crippen LogP contribution in [0, 0.1) is 0 Å². The van der Waals surface area contributed by atoms with Crippen LogP contribution in [0.5, 0.6) is 0 Å². The summed E-state index contributed by atoms with van der Waals surface area (Å²) in [6.07, 6.45) is 6.01. The highest BCUT2D eigenvalue weighted by Crippen LogP contribution is 2.16. The molecule has 1 unspecified atom stereocenters. The third kappa shape index (κ3) is 6.33. The molecule has 1 fully saturated rings. The van der Waals surface area contributed by atoms with E-state index in [1.165, 1.54) is 19.3 Å². The lowest BCUT2D eigenvalue weighted by atomic mass is 9.95. The Balaban J connectivity index is 2.08.